The summed E-state index contributed by atoms with van der Waals surface area (Å²) in [4.78, 5) is 63.9. The highest BCUT2D eigenvalue weighted by atomic mass is 32.2. The number of ether oxygens (including phenoxy) is 2. The summed E-state index contributed by atoms with van der Waals surface area (Å²) in [5.41, 5.74) is 4.70. The van der Waals surface area contributed by atoms with Gasteiger partial charge in [-0.15, -0.1) is 0 Å². The number of nitrogens with one attached hydrogen (secondary N) is 4. The molecule has 2 saturated heterocycles. The maximum Gasteiger partial charge on any atom is 0.246 e. The molecule has 1 saturated carbocycles. The van der Waals surface area contributed by atoms with Crippen LogP contribution in [0, 0.1) is 32.1 Å². The second-order valence-electron chi connectivity index (χ2n) is 20.9. The van der Waals surface area contributed by atoms with Crippen LogP contribution < -0.4 is 30.3 Å². The van der Waals surface area contributed by atoms with Gasteiger partial charge >= 0.3 is 0 Å². The Labute approximate surface area is 422 Å². The molecule has 0 bridgehead atoms. The minimum atomic E-state index is -3.86. The second kappa shape index (κ2) is 21.4. The van der Waals surface area contributed by atoms with Crippen LogP contribution in [-0.2, 0) is 30.6 Å². The number of aromatic nitrogens is 6. The number of anilines is 3. The molecule has 383 valence electrons. The lowest BCUT2D eigenvalue weighted by molar-refractivity contribution is -0.143. The molecule has 5 aromatic rings. The Morgan fingerprint density at radius 2 is 1.68 bits per heavy atom. The average Bonchev–Trinajstić information content (AvgIpc) is 3.95. The normalized spacial score (nSPS) is 20.4. The number of aromatic amines is 1. The number of hydrogen-bond donors (Lipinski definition) is 4. The smallest absolute Gasteiger partial charge is 0.246 e. The molecule has 0 unspecified atom stereocenters. The molecule has 0 spiro atoms. The first-order valence-electron chi connectivity index (χ1n) is 25.5. The Balaban J connectivity index is 0.854. The summed E-state index contributed by atoms with van der Waals surface area (Å²) in [6.07, 6.45) is 14.9. The Morgan fingerprint density at radius 3 is 2.39 bits per heavy atom. The number of carbonyl (C=O) groups is 3. The molecule has 2 aliphatic carbocycles. The van der Waals surface area contributed by atoms with E-state index in [-0.39, 0.29) is 59.2 Å². The molecule has 1 radical (unpaired) electrons. The average molecular weight is 1000 g/mol. The number of rotatable bonds is 15. The highest BCUT2D eigenvalue weighted by Gasteiger charge is 2.45. The molecule has 4 N–H and O–H groups in total. The van der Waals surface area contributed by atoms with Crippen molar-refractivity contribution in [1.82, 2.24) is 45.7 Å². The van der Waals surface area contributed by atoms with Crippen LogP contribution in [0.1, 0.15) is 120 Å². The van der Waals surface area contributed by atoms with E-state index in [1.54, 1.807) is 57.1 Å². The standard InChI is InChI=1S/C53H68N11O7S/c1-7-46(65)59-47(36-15-9-8-10-16-36)51(67)64-29-37(24-43(64)50(66)58-41-19-13-17-35-14-11-12-18-39(35)41)71-38-27-54-52(55-28-38)63-22-20-34(21-23-63)30-70-44-26-42-40(25-45(44)72(68,69)53(4,5)6)49(57-31-56-42)60-48-32(2)33(3)61-62-48/h7,11-12,14,18,25-28,31,34,36-37,41,43,47H,8-10,13,15-17,19-24,29-30H2,1-6H3,(H,58,66)(H,59,65)(H2,56,57,60,61,62)/t37-,41+,43-,47-/m0/s1. The number of aryl methyl sites for hydroxylation is 2. The summed E-state index contributed by atoms with van der Waals surface area (Å²) in [6.45, 7) is 12.3. The monoisotopic (exact) mass is 1000 g/mol. The molecule has 3 aromatic heterocycles. The van der Waals surface area contributed by atoms with Crippen molar-refractivity contribution in [2.75, 3.05) is 36.5 Å². The van der Waals surface area contributed by atoms with Crippen molar-refractivity contribution in [2.45, 2.75) is 146 Å². The summed E-state index contributed by atoms with van der Waals surface area (Å²) in [5, 5.41) is 17.4. The zero-order valence-corrected chi connectivity index (χ0v) is 43.1. The van der Waals surface area contributed by atoms with Crippen molar-refractivity contribution in [3.8, 4) is 11.5 Å². The predicted molar refractivity (Wildman–Crippen MR) is 274 cm³/mol. The van der Waals surface area contributed by atoms with Gasteiger partial charge in [0.15, 0.2) is 21.4 Å². The molecule has 72 heavy (non-hydrogen) atoms. The van der Waals surface area contributed by atoms with Crippen LogP contribution in [0.25, 0.3) is 10.9 Å². The quantitative estimate of drug-likeness (QED) is 0.0814. The first-order valence-corrected chi connectivity index (χ1v) is 27.0. The maximum atomic E-state index is 14.7. The van der Waals surface area contributed by atoms with Gasteiger partial charge in [-0.05, 0) is 109 Å². The number of benzene rings is 2. The molecule has 9 rings (SSSR count). The molecule has 3 fully saturated rings. The summed E-state index contributed by atoms with van der Waals surface area (Å²) < 4.78 is 40.0. The van der Waals surface area contributed by atoms with Crippen molar-refractivity contribution < 1.29 is 32.3 Å². The lowest BCUT2D eigenvalue weighted by Crippen LogP contribution is -2.56. The Kier molecular flexibility index (Phi) is 15.0. The fraction of sp³-hybridized carbons (Fsp3) is 0.528. The molecule has 3 amide bonds. The molecule has 2 aliphatic heterocycles. The third-order valence-corrected chi connectivity index (χ3v) is 17.6. The fourth-order valence-corrected chi connectivity index (χ4v) is 11.9. The molecule has 18 nitrogen and oxygen atoms in total. The molecule has 19 heteroatoms. The van der Waals surface area contributed by atoms with Crippen molar-refractivity contribution in [2.24, 2.45) is 11.8 Å². The summed E-state index contributed by atoms with van der Waals surface area (Å²) >= 11 is 0. The van der Waals surface area contributed by atoms with E-state index in [0.29, 0.717) is 53.9 Å². The fourth-order valence-electron chi connectivity index (χ4n) is 10.6. The summed E-state index contributed by atoms with van der Waals surface area (Å²) in [6, 6.07) is 9.79. The maximum absolute atomic E-state index is 14.7. The third-order valence-electron chi connectivity index (χ3n) is 15.1. The number of likely N-dealkylation sites (tertiary alicyclic amines) is 1. The third kappa shape index (κ3) is 10.9. The van der Waals surface area contributed by atoms with Crippen LogP contribution in [0.3, 0.4) is 0 Å². The first kappa shape index (κ1) is 50.6. The van der Waals surface area contributed by atoms with E-state index in [4.69, 9.17) is 9.47 Å². The number of sulfone groups is 1. The zero-order valence-electron chi connectivity index (χ0n) is 42.2. The predicted octanol–water partition coefficient (Wildman–Crippen LogP) is 7.20. The van der Waals surface area contributed by atoms with Gasteiger partial charge in [-0.25, -0.2) is 28.4 Å². The van der Waals surface area contributed by atoms with Gasteiger partial charge in [-0.1, -0.05) is 50.5 Å². The Morgan fingerprint density at radius 1 is 0.931 bits per heavy atom. The number of fused-ring (bicyclic) bond motifs is 2. The minimum absolute atomic E-state index is 0.0207. The minimum Gasteiger partial charge on any atom is -0.492 e. The van der Waals surface area contributed by atoms with Crippen LogP contribution in [0.5, 0.6) is 11.5 Å². The van der Waals surface area contributed by atoms with Gasteiger partial charge in [0.1, 0.15) is 41.0 Å². The van der Waals surface area contributed by atoms with Crippen LogP contribution in [0.4, 0.5) is 17.6 Å². The van der Waals surface area contributed by atoms with E-state index in [1.165, 1.54) is 18.3 Å². The van der Waals surface area contributed by atoms with Gasteiger partial charge in [-0.2, -0.15) is 5.10 Å². The number of H-pyrrole nitrogens is 1. The van der Waals surface area contributed by atoms with Crippen LogP contribution >= 0.6 is 0 Å². The van der Waals surface area contributed by atoms with Crippen LogP contribution in [0.2, 0.25) is 0 Å². The van der Waals surface area contributed by atoms with E-state index >= 15 is 0 Å². The zero-order chi connectivity index (χ0) is 50.7. The van der Waals surface area contributed by atoms with Crippen molar-refractivity contribution >= 4 is 56.0 Å². The van der Waals surface area contributed by atoms with E-state index in [0.717, 1.165) is 81.0 Å². The van der Waals surface area contributed by atoms with E-state index in [2.05, 4.69) is 63.1 Å². The topological polar surface area (TPSA) is 227 Å². The number of amides is 3. The largest absolute Gasteiger partial charge is 0.492 e. The van der Waals surface area contributed by atoms with Gasteiger partial charge in [0.05, 0.1) is 41.9 Å². The van der Waals surface area contributed by atoms with E-state index in [1.807, 2.05) is 26.0 Å². The van der Waals surface area contributed by atoms with Crippen molar-refractivity contribution in [3.63, 3.8) is 0 Å². The Bertz CT molecular complexity index is 2870. The highest BCUT2D eigenvalue weighted by molar-refractivity contribution is 7.92. The van der Waals surface area contributed by atoms with Gasteiger partial charge in [-0.3, -0.25) is 19.5 Å². The molecule has 4 atom stereocenters. The lowest BCUT2D eigenvalue weighted by Gasteiger charge is -2.35. The van der Waals surface area contributed by atoms with Crippen molar-refractivity contribution in [3.05, 3.63) is 83.9 Å². The molecule has 5 heterocycles. The van der Waals surface area contributed by atoms with E-state index in [9.17, 15) is 22.8 Å². The number of piperidine rings is 1. The lowest BCUT2D eigenvalue weighted by atomic mass is 9.83. The number of nitrogens with zero attached hydrogens (tertiary/aromatic N) is 7. The number of hydrogen-bond acceptors (Lipinski definition) is 14. The Hall–Kier alpha value is -6.37. The van der Waals surface area contributed by atoms with Crippen LogP contribution in [0.15, 0.2) is 60.0 Å². The molecular weight excluding hydrogens is 935 g/mol. The first-order chi connectivity index (χ1) is 34.6. The van der Waals surface area contributed by atoms with Crippen LogP contribution in [-0.4, -0.2) is 110 Å². The van der Waals surface area contributed by atoms with Gasteiger partial charge in [0.25, 0.3) is 0 Å². The van der Waals surface area contributed by atoms with E-state index < -0.39 is 32.8 Å². The SMILES string of the molecule is C[CH]C(=O)N[C@H](C(=O)N1C[C@@H](Oc2cnc(N3CCC(COc4cc5ncnc(Nc6n[nH]c(C)c6C)c5cc4S(=O)(=O)C(C)(C)C)CC3)nc2)C[C@H]1C(=O)N[C@@H]1CCCc2ccccc21)C1CCCCC1. The number of carbonyl (C=O) groups excluding carboxylic acids is 3. The molecular formula is C53H68N11O7S. The van der Waals surface area contributed by atoms with Gasteiger partial charge in [0, 0.05) is 48.6 Å². The summed E-state index contributed by atoms with van der Waals surface area (Å²) in [7, 11) is -3.86. The second-order valence-corrected chi connectivity index (χ2v) is 23.5. The van der Waals surface area contributed by atoms with Gasteiger partial charge in [0.2, 0.25) is 23.7 Å². The highest BCUT2D eigenvalue weighted by Crippen LogP contribution is 2.39. The molecule has 4 aliphatic rings. The molecule has 2 aromatic carbocycles. The van der Waals surface area contributed by atoms with Gasteiger partial charge < -0.3 is 35.2 Å². The van der Waals surface area contributed by atoms with Crippen molar-refractivity contribution in [1.29, 1.82) is 0 Å². The summed E-state index contributed by atoms with van der Waals surface area (Å²) in [5.74, 6) is 1.57.